The summed E-state index contributed by atoms with van der Waals surface area (Å²) in [4.78, 5) is 40.6. The van der Waals surface area contributed by atoms with Crippen LogP contribution in [0.3, 0.4) is 0 Å². The molecule has 1 saturated carbocycles. The smallest absolute Gasteiger partial charge is 0.408 e. The van der Waals surface area contributed by atoms with Crippen LogP contribution in [0, 0.1) is 5.92 Å². The van der Waals surface area contributed by atoms with E-state index in [0.29, 0.717) is 11.1 Å². The van der Waals surface area contributed by atoms with E-state index in [0.717, 1.165) is 19.3 Å². The molecule has 26 heavy (non-hydrogen) atoms. The number of nitrogens with zero attached hydrogens (tertiary/aromatic N) is 2. The normalized spacial score (nSPS) is 19.8. The minimum absolute atomic E-state index is 0.136. The van der Waals surface area contributed by atoms with Crippen molar-refractivity contribution in [2.24, 2.45) is 5.92 Å². The van der Waals surface area contributed by atoms with E-state index in [1.165, 1.54) is 9.80 Å². The van der Waals surface area contributed by atoms with Gasteiger partial charge in [-0.3, -0.25) is 19.4 Å². The summed E-state index contributed by atoms with van der Waals surface area (Å²) in [7, 11) is 0. The number of imide groups is 1. The molecule has 0 unspecified atom stereocenters. The van der Waals surface area contributed by atoms with E-state index in [-0.39, 0.29) is 17.7 Å². The molecule has 1 aromatic rings. The SMILES string of the molecule is C[C@@H]([C@H](C1CCC1)N1C(=O)c2ccccc2C1=O)N(C(=O)O)C(C)(C)C. The molecule has 2 aliphatic rings. The summed E-state index contributed by atoms with van der Waals surface area (Å²) in [5.41, 5.74) is 0.185. The van der Waals surface area contributed by atoms with Gasteiger partial charge < -0.3 is 5.11 Å². The number of carboxylic acid groups (broad SMARTS) is 1. The lowest BCUT2D eigenvalue weighted by Crippen LogP contribution is -2.62. The van der Waals surface area contributed by atoms with E-state index in [9.17, 15) is 19.5 Å². The quantitative estimate of drug-likeness (QED) is 0.834. The molecule has 1 heterocycles. The number of carbonyl (C=O) groups is 3. The molecule has 1 fully saturated rings. The molecule has 0 aromatic heterocycles. The van der Waals surface area contributed by atoms with Crippen molar-refractivity contribution in [2.45, 2.75) is 64.6 Å². The number of fused-ring (bicyclic) bond motifs is 1. The average molecular weight is 358 g/mol. The van der Waals surface area contributed by atoms with Gasteiger partial charge in [0.05, 0.1) is 23.2 Å². The monoisotopic (exact) mass is 358 g/mol. The second kappa shape index (κ2) is 6.41. The summed E-state index contributed by atoms with van der Waals surface area (Å²) in [6.45, 7) is 7.30. The van der Waals surface area contributed by atoms with Gasteiger partial charge in [-0.2, -0.15) is 0 Å². The molecule has 1 aliphatic carbocycles. The van der Waals surface area contributed by atoms with E-state index in [1.807, 2.05) is 27.7 Å². The number of carbonyl (C=O) groups excluding carboxylic acids is 2. The molecule has 2 atom stereocenters. The van der Waals surface area contributed by atoms with Crippen LogP contribution in [0.25, 0.3) is 0 Å². The summed E-state index contributed by atoms with van der Waals surface area (Å²) in [6, 6.07) is 5.88. The lowest BCUT2D eigenvalue weighted by atomic mass is 9.75. The second-order valence-electron chi connectivity index (χ2n) is 8.27. The van der Waals surface area contributed by atoms with Gasteiger partial charge in [-0.15, -0.1) is 0 Å². The molecule has 1 aromatic carbocycles. The second-order valence-corrected chi connectivity index (χ2v) is 8.27. The fourth-order valence-corrected chi connectivity index (χ4v) is 4.31. The predicted octanol–water partition coefficient (Wildman–Crippen LogP) is 3.62. The van der Waals surface area contributed by atoms with Crippen LogP contribution < -0.4 is 0 Å². The highest BCUT2D eigenvalue weighted by atomic mass is 16.4. The highest BCUT2D eigenvalue weighted by Crippen LogP contribution is 2.39. The van der Waals surface area contributed by atoms with Crippen LogP contribution in [-0.2, 0) is 0 Å². The summed E-state index contributed by atoms with van der Waals surface area (Å²) in [5.74, 6) is -0.487. The van der Waals surface area contributed by atoms with Crippen molar-refractivity contribution in [1.82, 2.24) is 9.80 Å². The van der Waals surface area contributed by atoms with Crippen LogP contribution in [0.4, 0.5) is 4.79 Å². The summed E-state index contributed by atoms with van der Waals surface area (Å²) < 4.78 is 0. The Kier molecular flexibility index (Phi) is 4.54. The Labute approximate surface area is 153 Å². The molecular weight excluding hydrogens is 332 g/mol. The minimum atomic E-state index is -1.04. The highest BCUT2D eigenvalue weighted by Gasteiger charge is 2.49. The van der Waals surface area contributed by atoms with Crippen LogP contribution in [0.2, 0.25) is 0 Å². The van der Waals surface area contributed by atoms with Gasteiger partial charge in [0.1, 0.15) is 0 Å². The van der Waals surface area contributed by atoms with Crippen molar-refractivity contribution < 1.29 is 19.5 Å². The van der Waals surface area contributed by atoms with Crippen molar-refractivity contribution >= 4 is 17.9 Å². The number of rotatable bonds is 4. The van der Waals surface area contributed by atoms with Crippen LogP contribution >= 0.6 is 0 Å². The zero-order valence-corrected chi connectivity index (χ0v) is 15.7. The Hall–Kier alpha value is -2.37. The fourth-order valence-electron chi connectivity index (χ4n) is 4.31. The third kappa shape index (κ3) is 2.87. The van der Waals surface area contributed by atoms with E-state index in [2.05, 4.69) is 0 Å². The van der Waals surface area contributed by atoms with Gasteiger partial charge in [0, 0.05) is 5.54 Å². The van der Waals surface area contributed by atoms with Crippen LogP contribution in [0.5, 0.6) is 0 Å². The molecule has 1 N–H and O–H groups in total. The standard InChI is InChI=1S/C20H26N2O4/c1-12(22(19(25)26)20(2,3)4)16(13-8-7-9-13)21-17(23)14-10-5-6-11-15(14)18(21)24/h5-6,10-13,16H,7-9H2,1-4H3,(H,25,26)/t12-,16+/m0/s1. The molecule has 140 valence electrons. The van der Waals surface area contributed by atoms with Crippen LogP contribution in [0.1, 0.15) is 67.7 Å². The maximum Gasteiger partial charge on any atom is 0.408 e. The summed E-state index contributed by atoms with van der Waals surface area (Å²) in [6.07, 6.45) is 1.81. The molecule has 0 saturated heterocycles. The van der Waals surface area contributed by atoms with Gasteiger partial charge in [-0.05, 0) is 58.6 Å². The topological polar surface area (TPSA) is 77.9 Å². The first-order valence-electron chi connectivity index (χ1n) is 9.13. The first kappa shape index (κ1) is 18.4. The Morgan fingerprint density at radius 1 is 1.15 bits per heavy atom. The Bertz CT molecular complexity index is 713. The number of amides is 3. The van der Waals surface area contributed by atoms with Gasteiger partial charge in [-0.25, -0.2) is 4.79 Å². The molecule has 1 aliphatic heterocycles. The lowest BCUT2D eigenvalue weighted by molar-refractivity contribution is 0.00382. The molecule has 0 radical (unpaired) electrons. The van der Waals surface area contributed by atoms with Crippen molar-refractivity contribution in [2.75, 3.05) is 0 Å². The van der Waals surface area contributed by atoms with Gasteiger partial charge in [0.15, 0.2) is 0 Å². The Morgan fingerprint density at radius 3 is 2.00 bits per heavy atom. The van der Waals surface area contributed by atoms with E-state index in [4.69, 9.17) is 0 Å². The van der Waals surface area contributed by atoms with Crippen molar-refractivity contribution in [3.8, 4) is 0 Å². The van der Waals surface area contributed by atoms with Crippen LogP contribution in [0.15, 0.2) is 24.3 Å². The van der Waals surface area contributed by atoms with E-state index in [1.54, 1.807) is 24.3 Å². The average Bonchev–Trinajstić information content (AvgIpc) is 2.73. The van der Waals surface area contributed by atoms with Crippen molar-refractivity contribution in [1.29, 1.82) is 0 Å². The van der Waals surface area contributed by atoms with Crippen molar-refractivity contribution in [3.63, 3.8) is 0 Å². The lowest BCUT2D eigenvalue weighted by Gasteiger charge is -2.48. The fraction of sp³-hybridized carbons (Fsp3) is 0.550. The molecule has 0 bridgehead atoms. The van der Waals surface area contributed by atoms with E-state index >= 15 is 0 Å². The molecular formula is C20H26N2O4. The van der Waals surface area contributed by atoms with Crippen molar-refractivity contribution in [3.05, 3.63) is 35.4 Å². The minimum Gasteiger partial charge on any atom is -0.465 e. The predicted molar refractivity (Wildman–Crippen MR) is 97.1 cm³/mol. The molecule has 0 spiro atoms. The number of hydrogen-bond donors (Lipinski definition) is 1. The summed E-state index contributed by atoms with van der Waals surface area (Å²) >= 11 is 0. The van der Waals surface area contributed by atoms with Crippen LogP contribution in [-0.4, -0.2) is 50.4 Å². The zero-order valence-electron chi connectivity index (χ0n) is 15.7. The zero-order chi connectivity index (χ0) is 19.2. The first-order chi connectivity index (χ1) is 12.1. The third-order valence-electron chi connectivity index (χ3n) is 5.59. The molecule has 3 amide bonds. The Balaban J connectivity index is 2.01. The largest absolute Gasteiger partial charge is 0.465 e. The maximum absolute atomic E-state index is 13.0. The molecule has 6 heteroatoms. The number of hydrogen-bond acceptors (Lipinski definition) is 3. The molecule has 3 rings (SSSR count). The Morgan fingerprint density at radius 2 is 1.65 bits per heavy atom. The maximum atomic E-state index is 13.0. The third-order valence-corrected chi connectivity index (χ3v) is 5.59. The van der Waals surface area contributed by atoms with Gasteiger partial charge in [0.25, 0.3) is 11.8 Å². The highest BCUT2D eigenvalue weighted by molar-refractivity contribution is 6.21. The van der Waals surface area contributed by atoms with Gasteiger partial charge >= 0.3 is 6.09 Å². The molecule has 6 nitrogen and oxygen atoms in total. The first-order valence-corrected chi connectivity index (χ1v) is 9.13. The van der Waals surface area contributed by atoms with Gasteiger partial charge in [0.2, 0.25) is 0 Å². The summed E-state index contributed by atoms with van der Waals surface area (Å²) in [5, 5.41) is 9.79. The van der Waals surface area contributed by atoms with E-state index < -0.39 is 23.7 Å². The number of benzene rings is 1. The van der Waals surface area contributed by atoms with Gasteiger partial charge in [-0.1, -0.05) is 18.6 Å².